The molecule has 12 rings (SSSR count). The minimum Gasteiger partial charge on any atom is -0.309 e. The summed E-state index contributed by atoms with van der Waals surface area (Å²) in [6, 6.07) is 72.1. The van der Waals surface area contributed by atoms with Crippen LogP contribution >= 0.6 is 0 Å². The van der Waals surface area contributed by atoms with Crippen LogP contribution in [0.1, 0.15) is 0 Å². The monoisotopic (exact) mass is 865 g/mol. The van der Waals surface area contributed by atoms with E-state index in [1.807, 2.05) is 48.5 Å². The molecule has 68 heavy (non-hydrogen) atoms. The maximum absolute atomic E-state index is 8.23. The predicted octanol–water partition coefficient (Wildman–Crippen LogP) is 16.7. The van der Waals surface area contributed by atoms with Crippen molar-refractivity contribution in [1.82, 2.24) is 19.1 Å². The highest BCUT2D eigenvalue weighted by Crippen LogP contribution is 2.40. The van der Waals surface area contributed by atoms with Gasteiger partial charge in [0.05, 0.1) is 53.2 Å². The number of hydrogen-bond acceptors (Lipinski definition) is 2. The van der Waals surface area contributed by atoms with E-state index in [2.05, 4.69) is 163 Å². The van der Waals surface area contributed by atoms with E-state index in [4.69, 9.17) is 29.7 Å². The van der Waals surface area contributed by atoms with Crippen LogP contribution in [0.3, 0.4) is 0 Å². The molecule has 314 valence electrons. The number of nitrogens with zero attached hydrogens (tertiary/aromatic N) is 7. The van der Waals surface area contributed by atoms with Crippen molar-refractivity contribution < 1.29 is 0 Å². The summed E-state index contributed by atoms with van der Waals surface area (Å²) in [5.74, 6) is 0.452. The van der Waals surface area contributed by atoms with Gasteiger partial charge in [0.15, 0.2) is 22.9 Å². The Hall–Kier alpha value is -9.87. The first-order chi connectivity index (χ1) is 33.5. The van der Waals surface area contributed by atoms with E-state index >= 15 is 0 Å². The maximum atomic E-state index is 8.23. The number of hydrogen-bond donors (Lipinski definition) is 0. The lowest BCUT2D eigenvalue weighted by Gasteiger charge is -2.12. The molecule has 9 aromatic carbocycles. The first-order valence-electron chi connectivity index (χ1n) is 22.1. The highest BCUT2D eigenvalue weighted by molar-refractivity contribution is 6.12. The van der Waals surface area contributed by atoms with E-state index in [0.29, 0.717) is 39.8 Å². The fraction of sp³-hybridized carbons (Fsp3) is 0. The molecular weight excluding hydrogens is 831 g/mol. The van der Waals surface area contributed by atoms with Gasteiger partial charge in [0.2, 0.25) is 0 Å². The highest BCUT2D eigenvalue weighted by Gasteiger charge is 2.18. The highest BCUT2D eigenvalue weighted by atomic mass is 15.0. The van der Waals surface area contributed by atoms with Crippen LogP contribution in [-0.4, -0.2) is 19.1 Å². The minimum absolute atomic E-state index is 0.452. The first kappa shape index (κ1) is 39.7. The molecule has 0 unspecified atom stereocenters. The van der Waals surface area contributed by atoms with Crippen molar-refractivity contribution in [3.8, 4) is 67.5 Å². The van der Waals surface area contributed by atoms with Crippen molar-refractivity contribution in [2.45, 2.75) is 0 Å². The van der Waals surface area contributed by atoms with Gasteiger partial charge >= 0.3 is 0 Å². The van der Waals surface area contributed by atoms with Gasteiger partial charge in [-0.05, 0) is 106 Å². The van der Waals surface area contributed by atoms with Gasteiger partial charge in [-0.15, -0.1) is 0 Å². The van der Waals surface area contributed by atoms with Crippen molar-refractivity contribution in [2.24, 2.45) is 0 Å². The van der Waals surface area contributed by atoms with Crippen molar-refractivity contribution >= 4 is 60.7 Å². The molecule has 0 aliphatic heterocycles. The molecule has 0 spiro atoms. The second kappa shape index (κ2) is 16.3. The van der Waals surface area contributed by atoms with Crippen LogP contribution in [0, 0.1) is 19.7 Å². The van der Waals surface area contributed by atoms with Crippen LogP contribution in [0.2, 0.25) is 0 Å². The van der Waals surface area contributed by atoms with E-state index in [1.165, 1.54) is 32.6 Å². The van der Waals surface area contributed by atoms with Crippen LogP contribution < -0.4 is 0 Å². The van der Waals surface area contributed by atoms with Crippen LogP contribution in [0.4, 0.5) is 17.1 Å². The van der Waals surface area contributed by atoms with Crippen molar-refractivity contribution in [2.75, 3.05) is 0 Å². The van der Waals surface area contributed by atoms with Gasteiger partial charge < -0.3 is 9.13 Å². The first-order valence-corrected chi connectivity index (χ1v) is 22.1. The maximum Gasteiger partial charge on any atom is 0.195 e. The third-order valence-corrected chi connectivity index (χ3v) is 12.8. The normalized spacial score (nSPS) is 11.2. The average Bonchev–Trinajstić information content (AvgIpc) is 3.93. The summed E-state index contributed by atoms with van der Waals surface area (Å²) < 4.78 is 4.73. The summed E-state index contributed by atoms with van der Waals surface area (Å²) in [6.07, 6.45) is 0. The Balaban J connectivity index is 0.859. The summed E-state index contributed by atoms with van der Waals surface area (Å²) in [4.78, 5) is 21.0. The van der Waals surface area contributed by atoms with E-state index in [-0.39, 0.29) is 0 Å². The van der Waals surface area contributed by atoms with Gasteiger partial charge in [0.1, 0.15) is 0 Å². The van der Waals surface area contributed by atoms with Crippen molar-refractivity contribution in [1.29, 1.82) is 0 Å². The zero-order valence-corrected chi connectivity index (χ0v) is 36.3. The van der Waals surface area contributed by atoms with Crippen LogP contribution in [0.25, 0.3) is 126 Å². The molecule has 0 bridgehead atoms. The van der Waals surface area contributed by atoms with Gasteiger partial charge in [-0.25, -0.2) is 24.5 Å². The molecule has 7 nitrogen and oxygen atoms in total. The Kier molecular flexibility index (Phi) is 9.51. The van der Waals surface area contributed by atoms with Gasteiger partial charge in [-0.2, -0.15) is 0 Å². The van der Waals surface area contributed by atoms with Crippen molar-refractivity contribution in [3.63, 3.8) is 0 Å². The Morgan fingerprint density at radius 1 is 0.324 bits per heavy atom. The smallest absolute Gasteiger partial charge is 0.195 e. The molecule has 0 aliphatic rings. The van der Waals surface area contributed by atoms with Crippen LogP contribution in [0.5, 0.6) is 0 Å². The van der Waals surface area contributed by atoms with Gasteiger partial charge in [0, 0.05) is 38.5 Å². The Morgan fingerprint density at radius 3 is 1.40 bits per heavy atom. The van der Waals surface area contributed by atoms with E-state index < -0.39 is 0 Å². The van der Waals surface area contributed by atoms with Crippen LogP contribution in [-0.2, 0) is 0 Å². The molecule has 7 heteroatoms. The molecule has 0 N–H and O–H groups in total. The molecule has 0 radical (unpaired) electrons. The molecule has 0 fully saturated rings. The Labute approximate surface area is 392 Å². The number of para-hydroxylation sites is 3. The molecule has 0 aliphatic carbocycles. The van der Waals surface area contributed by atoms with Gasteiger partial charge in [-0.3, -0.25) is 0 Å². The number of rotatable bonds is 7. The standard InChI is InChI=1S/C61H35N7/c1-62-45-14-10-12-42(34-45)54-38-55(66-61(65-54)44-13-11-15-46(35-44)63-2)43-28-32-49(56(36-43)64-3)41-24-22-39(23-25-41)40-26-29-47(30-27-40)67-59-21-9-6-18-52(59)53-37-48(31-33-60(53)67)68-57-19-7-4-16-50(57)51-17-5-8-20-58(51)68/h4-38H. The lowest BCUT2D eigenvalue weighted by molar-refractivity contribution is 1.17. The third kappa shape index (κ3) is 6.74. The predicted molar refractivity (Wildman–Crippen MR) is 277 cm³/mol. The Bertz CT molecular complexity index is 3990. The van der Waals surface area contributed by atoms with E-state index in [0.717, 1.165) is 55.8 Å². The lowest BCUT2D eigenvalue weighted by Crippen LogP contribution is -1.96. The summed E-state index contributed by atoms with van der Waals surface area (Å²) in [5, 5.41) is 4.89. The molecule has 3 aromatic heterocycles. The summed E-state index contributed by atoms with van der Waals surface area (Å²) in [7, 11) is 0. The minimum atomic E-state index is 0.452. The van der Waals surface area contributed by atoms with Gasteiger partial charge in [0.25, 0.3) is 0 Å². The number of fused-ring (bicyclic) bond motifs is 6. The average molecular weight is 866 g/mol. The van der Waals surface area contributed by atoms with Gasteiger partial charge in [-0.1, -0.05) is 140 Å². The fourth-order valence-electron chi connectivity index (χ4n) is 9.57. The number of benzene rings is 9. The molecule has 12 aromatic rings. The lowest BCUT2D eigenvalue weighted by atomic mass is 9.97. The molecule has 0 saturated heterocycles. The quantitative estimate of drug-likeness (QED) is 0.150. The molecular formula is C61H35N7. The topological polar surface area (TPSA) is 48.7 Å². The number of aromatic nitrogens is 4. The summed E-state index contributed by atoms with van der Waals surface area (Å²) in [6.45, 7) is 23.3. The summed E-state index contributed by atoms with van der Waals surface area (Å²) >= 11 is 0. The zero-order valence-electron chi connectivity index (χ0n) is 36.3. The van der Waals surface area contributed by atoms with Crippen LogP contribution in [0.15, 0.2) is 212 Å². The van der Waals surface area contributed by atoms with E-state index in [1.54, 1.807) is 24.3 Å². The summed E-state index contributed by atoms with van der Waals surface area (Å²) in [5.41, 5.74) is 15.8. The molecule has 0 amide bonds. The third-order valence-electron chi connectivity index (χ3n) is 12.8. The Morgan fingerprint density at radius 2 is 0.794 bits per heavy atom. The molecule has 3 heterocycles. The largest absolute Gasteiger partial charge is 0.309 e. The second-order valence-corrected chi connectivity index (χ2v) is 16.7. The van der Waals surface area contributed by atoms with Crippen molar-refractivity contribution in [3.05, 3.63) is 247 Å². The zero-order chi connectivity index (χ0) is 45.7. The second-order valence-electron chi connectivity index (χ2n) is 16.7. The molecule has 0 atom stereocenters. The fourth-order valence-corrected chi connectivity index (χ4v) is 9.57. The SMILES string of the molecule is [C-]#[N+]c1cccc(-c2cc(-c3ccc(-c4ccc(-c5ccc(-n6c7ccccc7c7cc(-n8c9ccccc9c9ccccc98)ccc76)cc5)cc4)c([N+]#[C-])c3)nc(-c3cccc([N+]#[C-])c3)n2)c1. The molecule has 0 saturated carbocycles. The van der Waals surface area contributed by atoms with E-state index in [9.17, 15) is 0 Å².